The van der Waals surface area contributed by atoms with E-state index < -0.39 is 0 Å². The van der Waals surface area contributed by atoms with E-state index in [1.807, 2.05) is 36.4 Å². The first kappa shape index (κ1) is 16.6. The summed E-state index contributed by atoms with van der Waals surface area (Å²) in [4.78, 5) is 12.6. The summed E-state index contributed by atoms with van der Waals surface area (Å²) < 4.78 is 0. The Balaban J connectivity index is 1.69. The quantitative estimate of drug-likeness (QED) is 0.785. The summed E-state index contributed by atoms with van der Waals surface area (Å²) in [5.41, 5.74) is 2.33. The maximum atomic E-state index is 12.6. The Kier molecular flexibility index (Phi) is 5.19. The fourth-order valence-corrected chi connectivity index (χ4v) is 3.18. The molecule has 1 saturated carbocycles. The van der Waals surface area contributed by atoms with Gasteiger partial charge in [0.05, 0.1) is 12.1 Å². The Bertz CT molecular complexity index is 601. The molecule has 2 amide bonds. The van der Waals surface area contributed by atoms with Gasteiger partial charge < -0.3 is 10.6 Å². The van der Waals surface area contributed by atoms with Crippen molar-refractivity contribution in [2.24, 2.45) is 11.8 Å². The third-order valence-electron chi connectivity index (χ3n) is 4.65. The lowest BCUT2D eigenvalue weighted by Gasteiger charge is -2.25. The maximum Gasteiger partial charge on any atom is 0.315 e. The van der Waals surface area contributed by atoms with Crippen LogP contribution in [0, 0.1) is 11.8 Å². The zero-order chi connectivity index (χ0) is 16.9. The highest BCUT2D eigenvalue weighted by Gasteiger charge is 2.33. The van der Waals surface area contributed by atoms with E-state index in [0.29, 0.717) is 11.8 Å². The number of nitrogens with one attached hydrogen (secondary N) is 2. The highest BCUT2D eigenvalue weighted by molar-refractivity contribution is 5.75. The van der Waals surface area contributed by atoms with Gasteiger partial charge in [0.15, 0.2) is 0 Å². The Morgan fingerprint density at radius 1 is 0.875 bits per heavy atom. The van der Waals surface area contributed by atoms with Gasteiger partial charge in [0.2, 0.25) is 0 Å². The zero-order valence-electron chi connectivity index (χ0n) is 14.4. The first-order valence-electron chi connectivity index (χ1n) is 8.82. The van der Waals surface area contributed by atoms with Crippen LogP contribution in [-0.4, -0.2) is 6.03 Å². The van der Waals surface area contributed by atoms with Crippen molar-refractivity contribution in [2.75, 3.05) is 0 Å². The summed E-state index contributed by atoms with van der Waals surface area (Å²) in [7, 11) is 0. The molecule has 1 aliphatic carbocycles. The molecule has 3 heteroatoms. The fourth-order valence-electron chi connectivity index (χ4n) is 3.18. The first-order chi connectivity index (χ1) is 11.6. The molecule has 0 aromatic heterocycles. The topological polar surface area (TPSA) is 41.1 Å². The molecule has 1 aliphatic rings. The van der Waals surface area contributed by atoms with E-state index in [1.54, 1.807) is 0 Å². The van der Waals surface area contributed by atoms with Gasteiger partial charge in [0.1, 0.15) is 0 Å². The van der Waals surface area contributed by atoms with Gasteiger partial charge in [-0.3, -0.25) is 0 Å². The number of carbonyl (C=O) groups is 1. The Morgan fingerprint density at radius 3 is 1.92 bits per heavy atom. The SMILES string of the molecule is CC(C)C(NC(=O)NC(c1ccccc1)C1CC1)c1ccccc1. The summed E-state index contributed by atoms with van der Waals surface area (Å²) in [6.07, 6.45) is 2.37. The molecule has 1 fully saturated rings. The first-order valence-corrected chi connectivity index (χ1v) is 8.82. The fraction of sp³-hybridized carbons (Fsp3) is 0.381. The molecular weight excluding hydrogens is 296 g/mol. The minimum absolute atomic E-state index is 0.0156. The van der Waals surface area contributed by atoms with E-state index in [1.165, 1.54) is 18.4 Å². The van der Waals surface area contributed by atoms with E-state index in [9.17, 15) is 4.79 Å². The molecule has 2 atom stereocenters. The van der Waals surface area contributed by atoms with Gasteiger partial charge >= 0.3 is 6.03 Å². The molecule has 2 unspecified atom stereocenters. The Morgan fingerprint density at radius 2 is 1.42 bits per heavy atom. The van der Waals surface area contributed by atoms with Crippen LogP contribution in [0.25, 0.3) is 0 Å². The van der Waals surface area contributed by atoms with Gasteiger partial charge in [-0.25, -0.2) is 4.79 Å². The van der Waals surface area contributed by atoms with Crippen molar-refractivity contribution in [1.82, 2.24) is 10.6 Å². The normalized spacial score (nSPS) is 16.5. The van der Waals surface area contributed by atoms with Crippen molar-refractivity contribution in [2.45, 2.75) is 38.8 Å². The van der Waals surface area contributed by atoms with E-state index in [2.05, 4.69) is 48.7 Å². The molecule has 24 heavy (non-hydrogen) atoms. The van der Waals surface area contributed by atoms with Crippen LogP contribution >= 0.6 is 0 Å². The number of amides is 2. The largest absolute Gasteiger partial charge is 0.331 e. The van der Waals surface area contributed by atoms with Crippen LogP contribution in [0.3, 0.4) is 0 Å². The average Bonchev–Trinajstić information content (AvgIpc) is 3.44. The lowest BCUT2D eigenvalue weighted by molar-refractivity contribution is 0.227. The van der Waals surface area contributed by atoms with Gasteiger partial charge in [-0.1, -0.05) is 74.5 Å². The van der Waals surface area contributed by atoms with Crippen LogP contribution in [0.4, 0.5) is 4.79 Å². The van der Waals surface area contributed by atoms with Gasteiger partial charge in [-0.05, 0) is 35.8 Å². The van der Waals surface area contributed by atoms with Crippen LogP contribution in [0.15, 0.2) is 60.7 Å². The van der Waals surface area contributed by atoms with Crippen molar-refractivity contribution in [3.05, 3.63) is 71.8 Å². The second-order valence-corrected chi connectivity index (χ2v) is 6.98. The molecule has 0 heterocycles. The molecule has 2 aromatic carbocycles. The minimum Gasteiger partial charge on any atom is -0.331 e. The van der Waals surface area contributed by atoms with Crippen molar-refractivity contribution in [3.8, 4) is 0 Å². The Hall–Kier alpha value is -2.29. The monoisotopic (exact) mass is 322 g/mol. The molecule has 0 spiro atoms. The molecule has 0 saturated heterocycles. The summed E-state index contributed by atoms with van der Waals surface area (Å²) in [6.45, 7) is 4.26. The van der Waals surface area contributed by atoms with E-state index >= 15 is 0 Å². The third kappa shape index (κ3) is 4.16. The highest BCUT2D eigenvalue weighted by atomic mass is 16.2. The van der Waals surface area contributed by atoms with E-state index in [0.717, 1.165) is 5.56 Å². The number of carbonyl (C=O) groups excluding carboxylic acids is 1. The van der Waals surface area contributed by atoms with Gasteiger partial charge in [0.25, 0.3) is 0 Å². The van der Waals surface area contributed by atoms with Crippen molar-refractivity contribution < 1.29 is 4.79 Å². The standard InChI is InChI=1S/C21H26N2O/c1-15(2)19(16-9-5-3-6-10-16)22-21(24)23-20(18-13-14-18)17-11-7-4-8-12-17/h3-12,15,18-20H,13-14H2,1-2H3,(H2,22,23,24). The maximum absolute atomic E-state index is 12.6. The summed E-state index contributed by atoms with van der Waals surface area (Å²) in [5, 5.41) is 6.37. The molecule has 0 bridgehead atoms. The van der Waals surface area contributed by atoms with Crippen molar-refractivity contribution in [3.63, 3.8) is 0 Å². The average molecular weight is 322 g/mol. The summed E-state index contributed by atoms with van der Waals surface area (Å²) in [5.74, 6) is 0.890. The lowest BCUT2D eigenvalue weighted by atomic mass is 9.96. The second kappa shape index (κ2) is 7.52. The van der Waals surface area contributed by atoms with Gasteiger partial charge in [-0.15, -0.1) is 0 Å². The predicted molar refractivity (Wildman–Crippen MR) is 97.6 cm³/mol. The molecule has 3 nitrogen and oxygen atoms in total. The van der Waals surface area contributed by atoms with Gasteiger partial charge in [-0.2, -0.15) is 0 Å². The smallest absolute Gasteiger partial charge is 0.315 e. The zero-order valence-corrected chi connectivity index (χ0v) is 14.4. The second-order valence-electron chi connectivity index (χ2n) is 6.98. The molecule has 0 radical (unpaired) electrons. The Labute approximate surface area is 144 Å². The number of benzene rings is 2. The van der Waals surface area contributed by atoms with Crippen LogP contribution in [0.1, 0.15) is 49.9 Å². The van der Waals surface area contributed by atoms with Gasteiger partial charge in [0, 0.05) is 0 Å². The number of hydrogen-bond acceptors (Lipinski definition) is 1. The van der Waals surface area contributed by atoms with Crippen molar-refractivity contribution >= 4 is 6.03 Å². The minimum atomic E-state index is -0.0849. The van der Waals surface area contributed by atoms with E-state index in [4.69, 9.17) is 0 Å². The third-order valence-corrected chi connectivity index (χ3v) is 4.65. The molecule has 2 N–H and O–H groups in total. The van der Waals surface area contributed by atoms with E-state index in [-0.39, 0.29) is 18.1 Å². The molecule has 2 aromatic rings. The summed E-state index contributed by atoms with van der Waals surface area (Å²) in [6, 6.07) is 20.5. The predicted octanol–water partition coefficient (Wildman–Crippen LogP) is 4.83. The van der Waals surface area contributed by atoms with Crippen LogP contribution in [-0.2, 0) is 0 Å². The number of urea groups is 1. The van der Waals surface area contributed by atoms with Crippen LogP contribution < -0.4 is 10.6 Å². The highest BCUT2D eigenvalue weighted by Crippen LogP contribution is 2.40. The number of hydrogen-bond donors (Lipinski definition) is 2. The number of rotatable bonds is 6. The molecule has 3 rings (SSSR count). The van der Waals surface area contributed by atoms with Crippen LogP contribution in [0.2, 0.25) is 0 Å². The molecular formula is C21H26N2O. The summed E-state index contributed by atoms with van der Waals surface area (Å²) >= 11 is 0. The van der Waals surface area contributed by atoms with Crippen LogP contribution in [0.5, 0.6) is 0 Å². The lowest BCUT2D eigenvalue weighted by Crippen LogP contribution is -2.42. The van der Waals surface area contributed by atoms with Crippen molar-refractivity contribution in [1.29, 1.82) is 0 Å². The molecule has 0 aliphatic heterocycles. The molecule has 126 valence electrons.